The molecule has 2 aromatic heterocycles. The Kier molecular flexibility index (Phi) is 5.81. The summed E-state index contributed by atoms with van der Waals surface area (Å²) in [5, 5.41) is 14.4. The lowest BCUT2D eigenvalue weighted by atomic mass is 10.1. The van der Waals surface area contributed by atoms with Crippen LogP contribution in [-0.4, -0.2) is 34.7 Å². The molecule has 4 aromatic rings. The third kappa shape index (κ3) is 4.96. The van der Waals surface area contributed by atoms with Crippen LogP contribution in [0, 0.1) is 6.92 Å². The van der Waals surface area contributed by atoms with E-state index < -0.39 is 15.9 Å². The number of aliphatic hydroxyl groups is 1. The second-order valence-corrected chi connectivity index (χ2v) is 10.2. The number of aromatic nitrogens is 3. The Bertz CT molecular complexity index is 1300. The monoisotopic (exact) mass is 452 g/mol. The molecule has 0 saturated carbocycles. The van der Waals surface area contributed by atoms with Gasteiger partial charge in [0.05, 0.1) is 9.77 Å². The summed E-state index contributed by atoms with van der Waals surface area (Å²) in [5.41, 5.74) is 3.46. The molecule has 0 fully saturated rings. The maximum Gasteiger partial charge on any atom is 0.227 e. The van der Waals surface area contributed by atoms with Gasteiger partial charge >= 0.3 is 0 Å². The van der Waals surface area contributed by atoms with Gasteiger partial charge in [-0.25, -0.2) is 23.4 Å². The first kappa shape index (κ1) is 21.1. The quantitative estimate of drug-likeness (QED) is 0.453. The molecule has 1 unspecified atom stereocenters. The van der Waals surface area contributed by atoms with Gasteiger partial charge in [-0.2, -0.15) is 0 Å². The highest BCUT2D eigenvalue weighted by atomic mass is 32.2. The van der Waals surface area contributed by atoms with Crippen LogP contribution in [0.15, 0.2) is 72.0 Å². The van der Waals surface area contributed by atoms with Crippen molar-refractivity contribution in [2.75, 3.05) is 11.6 Å². The third-order valence-corrected chi connectivity index (χ3v) is 6.79. The van der Waals surface area contributed by atoms with E-state index in [-0.39, 0.29) is 4.90 Å². The van der Waals surface area contributed by atoms with Gasteiger partial charge in [0.2, 0.25) is 5.95 Å². The highest BCUT2D eigenvalue weighted by molar-refractivity contribution is 7.90. The minimum absolute atomic E-state index is 0.213. The fourth-order valence-corrected chi connectivity index (χ4v) is 4.63. The van der Waals surface area contributed by atoms with Crippen molar-refractivity contribution in [3.63, 3.8) is 0 Å². The van der Waals surface area contributed by atoms with E-state index in [9.17, 15) is 13.5 Å². The molecule has 2 N–H and O–H groups in total. The molecule has 4 rings (SSSR count). The van der Waals surface area contributed by atoms with Crippen molar-refractivity contribution in [1.82, 2.24) is 15.0 Å². The van der Waals surface area contributed by atoms with Gasteiger partial charge in [0.1, 0.15) is 11.1 Å². The van der Waals surface area contributed by atoms with Gasteiger partial charge in [-0.3, -0.25) is 0 Å². The van der Waals surface area contributed by atoms with Crippen LogP contribution in [0.3, 0.4) is 0 Å². The zero-order valence-electron chi connectivity index (χ0n) is 16.9. The summed E-state index contributed by atoms with van der Waals surface area (Å²) in [7, 11) is -3.28. The molecule has 158 valence electrons. The second kappa shape index (κ2) is 8.54. The summed E-state index contributed by atoms with van der Waals surface area (Å²) >= 11 is 1.38. The van der Waals surface area contributed by atoms with Crippen molar-refractivity contribution in [2.24, 2.45) is 0 Å². The molecule has 1 atom stereocenters. The third-order valence-electron chi connectivity index (χ3n) is 4.57. The molecule has 31 heavy (non-hydrogen) atoms. The maximum absolute atomic E-state index is 11.6. The molecule has 7 nitrogen and oxygen atoms in total. The molecule has 0 bridgehead atoms. The van der Waals surface area contributed by atoms with E-state index in [4.69, 9.17) is 0 Å². The Balaban J connectivity index is 1.58. The predicted octanol–water partition coefficient (Wildman–Crippen LogP) is 4.14. The highest BCUT2D eigenvalue weighted by Crippen LogP contribution is 2.34. The predicted molar refractivity (Wildman–Crippen MR) is 121 cm³/mol. The molecule has 0 radical (unpaired) electrons. The van der Waals surface area contributed by atoms with Crippen LogP contribution in [0.25, 0.3) is 10.4 Å². The van der Waals surface area contributed by atoms with Crippen molar-refractivity contribution in [1.29, 1.82) is 0 Å². The molecule has 0 amide bonds. The lowest BCUT2D eigenvalue weighted by molar-refractivity contribution is 0.219. The number of aryl methyl sites for hydroxylation is 1. The van der Waals surface area contributed by atoms with Gasteiger partial charge in [0.25, 0.3) is 0 Å². The van der Waals surface area contributed by atoms with Gasteiger partial charge in [-0.15, -0.1) is 11.3 Å². The molecule has 0 aliphatic heterocycles. The van der Waals surface area contributed by atoms with Gasteiger partial charge in [0.15, 0.2) is 9.84 Å². The van der Waals surface area contributed by atoms with E-state index in [0.29, 0.717) is 16.5 Å². The molecule has 0 aliphatic carbocycles. The number of hydrogen-bond acceptors (Lipinski definition) is 8. The first-order chi connectivity index (χ1) is 14.8. The van der Waals surface area contributed by atoms with Crippen molar-refractivity contribution in [2.45, 2.75) is 17.9 Å². The number of anilines is 2. The number of nitrogens with zero attached hydrogens (tertiary/aromatic N) is 3. The van der Waals surface area contributed by atoms with Crippen LogP contribution in [0.2, 0.25) is 0 Å². The molecule has 0 saturated heterocycles. The summed E-state index contributed by atoms with van der Waals surface area (Å²) in [6.45, 7) is 2.00. The highest BCUT2D eigenvalue weighted by Gasteiger charge is 2.17. The van der Waals surface area contributed by atoms with E-state index in [1.54, 1.807) is 36.8 Å². The Labute approximate surface area is 184 Å². The SMILES string of the molecule is Cc1cc(Nc2ncccn2)cc(-c2cnc(C(O)c3ccc(S(C)(=O)=O)cc3)s2)c1. The summed E-state index contributed by atoms with van der Waals surface area (Å²) in [5.74, 6) is 0.511. The largest absolute Gasteiger partial charge is 0.381 e. The fraction of sp³-hybridized carbons (Fsp3) is 0.136. The van der Waals surface area contributed by atoms with E-state index in [0.717, 1.165) is 27.9 Å². The van der Waals surface area contributed by atoms with Crippen LogP contribution in [-0.2, 0) is 9.84 Å². The standard InChI is InChI=1S/C22H20N4O3S2/c1-14-10-16(12-17(11-14)26-22-23-8-3-9-24-22)19-13-25-21(30-19)20(27)15-4-6-18(7-5-15)31(2,28)29/h3-13,20,27H,1-2H3,(H,23,24,26). The Morgan fingerprint density at radius 3 is 2.42 bits per heavy atom. The van der Waals surface area contributed by atoms with Gasteiger partial charge in [-0.05, 0) is 53.9 Å². The van der Waals surface area contributed by atoms with Gasteiger partial charge in [0, 0.05) is 30.5 Å². The van der Waals surface area contributed by atoms with Gasteiger partial charge < -0.3 is 10.4 Å². The van der Waals surface area contributed by atoms with E-state index >= 15 is 0 Å². The lowest BCUT2D eigenvalue weighted by Gasteiger charge is -2.09. The van der Waals surface area contributed by atoms with Crippen LogP contribution in [0.4, 0.5) is 11.6 Å². The first-order valence-electron chi connectivity index (χ1n) is 9.39. The average molecular weight is 453 g/mol. The topological polar surface area (TPSA) is 105 Å². The van der Waals surface area contributed by atoms with Crippen molar-refractivity contribution in [3.8, 4) is 10.4 Å². The van der Waals surface area contributed by atoms with Crippen molar-refractivity contribution in [3.05, 3.63) is 83.3 Å². The molecule has 2 aromatic carbocycles. The molecule has 0 aliphatic rings. The summed E-state index contributed by atoms with van der Waals surface area (Å²) in [6, 6.07) is 14.0. The van der Waals surface area contributed by atoms with Crippen LogP contribution in [0.1, 0.15) is 22.2 Å². The van der Waals surface area contributed by atoms with Crippen molar-refractivity contribution >= 4 is 32.8 Å². The molecule has 0 spiro atoms. The number of rotatable bonds is 6. The summed E-state index contributed by atoms with van der Waals surface area (Å²) < 4.78 is 23.3. The second-order valence-electron chi connectivity index (χ2n) is 7.09. The van der Waals surface area contributed by atoms with E-state index in [1.165, 1.54) is 23.5 Å². The van der Waals surface area contributed by atoms with Crippen LogP contribution < -0.4 is 5.32 Å². The number of nitrogens with one attached hydrogen (secondary N) is 1. The van der Waals surface area contributed by atoms with Crippen molar-refractivity contribution < 1.29 is 13.5 Å². The Morgan fingerprint density at radius 2 is 1.74 bits per heavy atom. The normalized spacial score (nSPS) is 12.5. The number of thiazole rings is 1. The van der Waals surface area contributed by atoms with Crippen LogP contribution >= 0.6 is 11.3 Å². The summed E-state index contributed by atoms with van der Waals surface area (Å²) in [6.07, 6.45) is 5.29. The Hall–Kier alpha value is -3.14. The molecular formula is C22H20N4O3S2. The molecule has 2 heterocycles. The zero-order valence-corrected chi connectivity index (χ0v) is 18.5. The van der Waals surface area contributed by atoms with E-state index in [1.807, 2.05) is 25.1 Å². The first-order valence-corrected chi connectivity index (χ1v) is 12.1. The minimum Gasteiger partial charge on any atom is -0.381 e. The smallest absolute Gasteiger partial charge is 0.227 e. The fourth-order valence-electron chi connectivity index (χ4n) is 3.08. The Morgan fingerprint density at radius 1 is 1.03 bits per heavy atom. The molecular weight excluding hydrogens is 432 g/mol. The van der Waals surface area contributed by atoms with Crippen LogP contribution in [0.5, 0.6) is 0 Å². The minimum atomic E-state index is -3.28. The number of sulfone groups is 1. The van der Waals surface area contributed by atoms with Gasteiger partial charge in [-0.1, -0.05) is 18.2 Å². The van der Waals surface area contributed by atoms with E-state index in [2.05, 4.69) is 20.3 Å². The average Bonchev–Trinajstić information content (AvgIpc) is 3.23. The molecule has 9 heteroatoms. The summed E-state index contributed by atoms with van der Waals surface area (Å²) in [4.78, 5) is 13.9. The number of benzene rings is 2. The maximum atomic E-state index is 11.6. The zero-order chi connectivity index (χ0) is 22.0. The number of aliphatic hydroxyl groups excluding tert-OH is 1. The lowest BCUT2D eigenvalue weighted by Crippen LogP contribution is -2.01. The number of hydrogen-bond donors (Lipinski definition) is 2.